The highest BCUT2D eigenvalue weighted by molar-refractivity contribution is 7.09. The average Bonchev–Trinajstić information content (AvgIpc) is 3.10. The average molecular weight is 342 g/mol. The third kappa shape index (κ3) is 3.21. The molecule has 1 amide bonds. The van der Waals surface area contributed by atoms with Gasteiger partial charge in [-0.2, -0.15) is 0 Å². The summed E-state index contributed by atoms with van der Waals surface area (Å²) in [6.07, 6.45) is 5.92. The maximum Gasteiger partial charge on any atom is 0.223 e. The number of carbonyl (C=O) groups excluding carboxylic acids is 1. The molecule has 0 radical (unpaired) electrons. The van der Waals surface area contributed by atoms with Gasteiger partial charge in [-0.25, -0.2) is 4.98 Å². The first-order valence-corrected chi connectivity index (χ1v) is 9.49. The van der Waals surface area contributed by atoms with Crippen LogP contribution >= 0.6 is 11.3 Å². The summed E-state index contributed by atoms with van der Waals surface area (Å²) in [4.78, 5) is 21.3. The van der Waals surface area contributed by atoms with Crippen LogP contribution in [0.15, 0.2) is 29.8 Å². The lowest BCUT2D eigenvalue weighted by molar-refractivity contribution is -0.123. The Labute approximate surface area is 145 Å². The number of amides is 1. The normalized spacial score (nSPS) is 21.6. The quantitative estimate of drug-likeness (QED) is 0.875. The fourth-order valence-electron chi connectivity index (χ4n) is 3.67. The Morgan fingerprint density at radius 1 is 1.33 bits per heavy atom. The third-order valence-electron chi connectivity index (χ3n) is 5.22. The van der Waals surface area contributed by atoms with E-state index in [4.69, 9.17) is 0 Å². The lowest BCUT2D eigenvalue weighted by Gasteiger charge is -2.23. The minimum atomic E-state index is 0.235. The summed E-state index contributed by atoms with van der Waals surface area (Å²) < 4.78 is 0. The monoisotopic (exact) mass is 342 g/mol. The number of aromatic nitrogens is 2. The zero-order valence-corrected chi connectivity index (χ0v) is 14.4. The number of nitrogens with zero attached hydrogens (tertiary/aromatic N) is 2. The maximum atomic E-state index is 12.3. The van der Waals surface area contributed by atoms with Crippen molar-refractivity contribution < 1.29 is 4.79 Å². The highest BCUT2D eigenvalue weighted by atomic mass is 32.1. The van der Waals surface area contributed by atoms with Gasteiger partial charge >= 0.3 is 0 Å². The van der Waals surface area contributed by atoms with Gasteiger partial charge in [-0.3, -0.25) is 9.78 Å². The summed E-state index contributed by atoms with van der Waals surface area (Å²) in [5.41, 5.74) is 2.12. The zero-order valence-electron chi connectivity index (χ0n) is 13.6. The van der Waals surface area contributed by atoms with Crippen LogP contribution in [0.5, 0.6) is 0 Å². The molecule has 5 nitrogen and oxygen atoms in total. The van der Waals surface area contributed by atoms with Gasteiger partial charge in [0.1, 0.15) is 0 Å². The van der Waals surface area contributed by atoms with Gasteiger partial charge in [-0.15, -0.1) is 11.3 Å². The highest BCUT2D eigenvalue weighted by Gasteiger charge is 2.57. The molecule has 1 aliphatic heterocycles. The Bertz CT molecular complexity index is 709. The molecule has 1 saturated carbocycles. The topological polar surface area (TPSA) is 66.9 Å². The van der Waals surface area contributed by atoms with E-state index < -0.39 is 0 Å². The van der Waals surface area contributed by atoms with Crippen molar-refractivity contribution in [3.63, 3.8) is 0 Å². The molecule has 2 fully saturated rings. The van der Waals surface area contributed by atoms with Crippen molar-refractivity contribution in [2.75, 3.05) is 19.6 Å². The zero-order chi connectivity index (χ0) is 16.4. The van der Waals surface area contributed by atoms with Gasteiger partial charge in [0.25, 0.3) is 0 Å². The van der Waals surface area contributed by atoms with Crippen LogP contribution in [0.1, 0.15) is 24.3 Å². The summed E-state index contributed by atoms with van der Waals surface area (Å²) >= 11 is 1.63. The lowest BCUT2D eigenvalue weighted by Crippen LogP contribution is -2.34. The molecule has 1 atom stereocenters. The molecule has 0 bridgehead atoms. The van der Waals surface area contributed by atoms with Crippen LogP contribution in [0.3, 0.4) is 0 Å². The van der Waals surface area contributed by atoms with Gasteiger partial charge in [-0.05, 0) is 49.9 Å². The Balaban J connectivity index is 1.26. The van der Waals surface area contributed by atoms with Crippen LogP contribution in [0, 0.1) is 11.3 Å². The molecule has 2 aromatic rings. The SMILES string of the molecule is O=C(NCCc1nc(-c2ccccn2)cs1)C1CC12CCNCC2. The largest absolute Gasteiger partial charge is 0.355 e. The van der Waals surface area contributed by atoms with E-state index in [0.29, 0.717) is 12.0 Å². The molecule has 1 unspecified atom stereocenters. The van der Waals surface area contributed by atoms with E-state index in [1.807, 2.05) is 23.6 Å². The number of pyridine rings is 1. The summed E-state index contributed by atoms with van der Waals surface area (Å²) in [5, 5.41) is 9.56. The number of hydrogen-bond donors (Lipinski definition) is 2. The Morgan fingerprint density at radius 3 is 3.00 bits per heavy atom. The Morgan fingerprint density at radius 2 is 2.21 bits per heavy atom. The molecule has 1 saturated heterocycles. The molecule has 24 heavy (non-hydrogen) atoms. The van der Waals surface area contributed by atoms with E-state index in [1.165, 1.54) is 0 Å². The van der Waals surface area contributed by atoms with E-state index in [0.717, 1.165) is 55.2 Å². The van der Waals surface area contributed by atoms with Crippen molar-refractivity contribution in [3.05, 3.63) is 34.8 Å². The maximum absolute atomic E-state index is 12.3. The number of thiazole rings is 1. The molecule has 126 valence electrons. The van der Waals surface area contributed by atoms with Crippen molar-refractivity contribution >= 4 is 17.2 Å². The molecular weight excluding hydrogens is 320 g/mol. The van der Waals surface area contributed by atoms with E-state index in [9.17, 15) is 4.79 Å². The molecule has 2 N–H and O–H groups in total. The Hall–Kier alpha value is -1.79. The van der Waals surface area contributed by atoms with Crippen molar-refractivity contribution in [2.45, 2.75) is 25.7 Å². The highest BCUT2D eigenvalue weighted by Crippen LogP contribution is 2.58. The van der Waals surface area contributed by atoms with E-state index in [2.05, 4.69) is 20.6 Å². The predicted molar refractivity (Wildman–Crippen MR) is 94.7 cm³/mol. The molecule has 1 spiro atoms. The fraction of sp³-hybridized carbons (Fsp3) is 0.500. The van der Waals surface area contributed by atoms with Crippen molar-refractivity contribution in [1.82, 2.24) is 20.6 Å². The second-order valence-corrected chi connectivity index (χ2v) is 7.69. The molecule has 6 heteroatoms. The van der Waals surface area contributed by atoms with Crippen molar-refractivity contribution in [3.8, 4) is 11.4 Å². The van der Waals surface area contributed by atoms with E-state index in [1.54, 1.807) is 17.5 Å². The van der Waals surface area contributed by atoms with Gasteiger partial charge in [0.2, 0.25) is 5.91 Å². The van der Waals surface area contributed by atoms with Gasteiger partial charge < -0.3 is 10.6 Å². The number of carbonyl (C=O) groups is 1. The van der Waals surface area contributed by atoms with Crippen LogP contribution in [-0.4, -0.2) is 35.5 Å². The Kier molecular flexibility index (Phi) is 4.33. The fourth-order valence-corrected chi connectivity index (χ4v) is 4.46. The van der Waals surface area contributed by atoms with Crippen LogP contribution in [0.4, 0.5) is 0 Å². The van der Waals surface area contributed by atoms with Crippen LogP contribution in [-0.2, 0) is 11.2 Å². The lowest BCUT2D eigenvalue weighted by atomic mass is 9.92. The first kappa shape index (κ1) is 15.7. The molecule has 2 aliphatic rings. The third-order valence-corrected chi connectivity index (χ3v) is 6.13. The molecule has 2 aromatic heterocycles. The van der Waals surface area contributed by atoms with Crippen molar-refractivity contribution in [2.24, 2.45) is 11.3 Å². The molecule has 0 aromatic carbocycles. The van der Waals surface area contributed by atoms with Crippen molar-refractivity contribution in [1.29, 1.82) is 0 Å². The summed E-state index contributed by atoms with van der Waals surface area (Å²) in [7, 11) is 0. The summed E-state index contributed by atoms with van der Waals surface area (Å²) in [6.45, 7) is 2.78. The number of piperidine rings is 1. The molecule has 4 rings (SSSR count). The summed E-state index contributed by atoms with van der Waals surface area (Å²) in [5.74, 6) is 0.471. The van der Waals surface area contributed by atoms with Gasteiger partial charge in [0.15, 0.2) is 0 Å². The summed E-state index contributed by atoms with van der Waals surface area (Å²) in [6, 6.07) is 5.83. The number of hydrogen-bond acceptors (Lipinski definition) is 5. The minimum Gasteiger partial charge on any atom is -0.355 e. The number of rotatable bonds is 5. The standard InChI is InChI=1S/C18H22N4OS/c23-17(13-11-18(13)5-9-19-10-6-18)21-8-4-16-22-15(12-24-16)14-3-1-2-7-20-14/h1-3,7,12-13,19H,4-6,8-11H2,(H,21,23). The first-order valence-electron chi connectivity index (χ1n) is 8.61. The van der Waals surface area contributed by atoms with E-state index >= 15 is 0 Å². The second kappa shape index (κ2) is 6.61. The van der Waals surface area contributed by atoms with Gasteiger partial charge in [-0.1, -0.05) is 6.07 Å². The smallest absolute Gasteiger partial charge is 0.223 e. The molecule has 1 aliphatic carbocycles. The number of nitrogens with one attached hydrogen (secondary N) is 2. The molecule has 3 heterocycles. The molecular formula is C18H22N4OS. The van der Waals surface area contributed by atoms with Crippen LogP contribution in [0.2, 0.25) is 0 Å². The van der Waals surface area contributed by atoms with Gasteiger partial charge in [0.05, 0.1) is 16.4 Å². The van der Waals surface area contributed by atoms with Crippen LogP contribution in [0.25, 0.3) is 11.4 Å². The van der Waals surface area contributed by atoms with E-state index in [-0.39, 0.29) is 11.8 Å². The second-order valence-electron chi connectivity index (χ2n) is 6.75. The van der Waals surface area contributed by atoms with Crippen LogP contribution < -0.4 is 10.6 Å². The van der Waals surface area contributed by atoms with Gasteiger partial charge in [0, 0.05) is 30.5 Å². The first-order chi connectivity index (χ1) is 11.8. The predicted octanol–water partition coefficient (Wildman–Crippen LogP) is 2.25. The minimum absolute atomic E-state index is 0.235.